The first-order valence-corrected chi connectivity index (χ1v) is 10.3. The zero-order valence-corrected chi connectivity index (χ0v) is 18.1. The summed E-state index contributed by atoms with van der Waals surface area (Å²) >= 11 is 0. The van der Waals surface area contributed by atoms with Gasteiger partial charge in [-0.2, -0.15) is 0 Å². The SMILES string of the molecule is C=C(C)CC(C(=N)C(=O)C(CO)C(=N)C(=O)CCCCC(C)C)C(=O)C1(CO)CO1. The van der Waals surface area contributed by atoms with Gasteiger partial charge >= 0.3 is 0 Å². The summed E-state index contributed by atoms with van der Waals surface area (Å²) < 4.78 is 5.06. The van der Waals surface area contributed by atoms with E-state index < -0.39 is 59.4 Å². The Kier molecular flexibility index (Phi) is 9.87. The number of carbonyl (C=O) groups is 3. The maximum Gasteiger partial charge on any atom is 0.188 e. The van der Waals surface area contributed by atoms with Gasteiger partial charge in [0, 0.05) is 6.42 Å². The lowest BCUT2D eigenvalue weighted by Crippen LogP contribution is -2.44. The van der Waals surface area contributed by atoms with Gasteiger partial charge in [-0.1, -0.05) is 32.3 Å². The number of aliphatic hydroxyl groups excluding tert-OH is 2. The molecule has 1 aliphatic rings. The summed E-state index contributed by atoms with van der Waals surface area (Å²) in [7, 11) is 0. The molecule has 168 valence electrons. The highest BCUT2D eigenvalue weighted by molar-refractivity contribution is 6.53. The zero-order valence-electron chi connectivity index (χ0n) is 18.1. The normalized spacial score (nSPS) is 19.8. The van der Waals surface area contributed by atoms with Gasteiger partial charge in [-0.05, 0) is 25.7 Å². The molecule has 0 radical (unpaired) electrons. The second kappa shape index (κ2) is 11.4. The molecule has 0 aromatic heterocycles. The molecule has 0 aromatic carbocycles. The Hall–Kier alpha value is -2.03. The van der Waals surface area contributed by atoms with Crippen LogP contribution in [0.15, 0.2) is 12.2 Å². The van der Waals surface area contributed by atoms with Crippen LogP contribution in [-0.4, -0.2) is 64.4 Å². The van der Waals surface area contributed by atoms with E-state index in [1.165, 1.54) is 0 Å². The summed E-state index contributed by atoms with van der Waals surface area (Å²) in [6.45, 7) is 8.16. The predicted molar refractivity (Wildman–Crippen MR) is 113 cm³/mol. The number of hydrogen-bond acceptors (Lipinski definition) is 8. The number of unbranched alkanes of at least 4 members (excludes halogenated alkanes) is 1. The Morgan fingerprint density at radius 2 is 1.70 bits per heavy atom. The largest absolute Gasteiger partial charge is 0.395 e. The summed E-state index contributed by atoms with van der Waals surface area (Å²) in [5.74, 6) is -4.28. The minimum atomic E-state index is -1.49. The Morgan fingerprint density at radius 1 is 1.10 bits per heavy atom. The van der Waals surface area contributed by atoms with Crippen LogP contribution in [0.4, 0.5) is 0 Å². The maximum absolute atomic E-state index is 12.8. The molecule has 0 spiro atoms. The fraction of sp³-hybridized carbons (Fsp3) is 0.682. The summed E-state index contributed by atoms with van der Waals surface area (Å²) in [6.07, 6.45) is 2.45. The van der Waals surface area contributed by atoms with Gasteiger partial charge in [0.15, 0.2) is 23.0 Å². The third-order valence-electron chi connectivity index (χ3n) is 5.26. The van der Waals surface area contributed by atoms with Crippen molar-refractivity contribution in [2.24, 2.45) is 17.8 Å². The second-order valence-electron chi connectivity index (χ2n) is 8.51. The molecule has 0 aromatic rings. The maximum atomic E-state index is 12.8. The first kappa shape index (κ1) is 26.0. The molecule has 0 aliphatic carbocycles. The summed E-state index contributed by atoms with van der Waals surface area (Å²) in [5.41, 5.74) is -2.02. The van der Waals surface area contributed by atoms with Gasteiger partial charge in [-0.15, -0.1) is 6.58 Å². The van der Waals surface area contributed by atoms with Crippen LogP contribution in [-0.2, 0) is 19.1 Å². The zero-order chi connectivity index (χ0) is 23.1. The molecule has 0 amide bonds. The van der Waals surface area contributed by atoms with Crippen LogP contribution in [0.2, 0.25) is 0 Å². The van der Waals surface area contributed by atoms with Gasteiger partial charge in [-0.25, -0.2) is 0 Å². The molecular formula is C22H34N2O6. The number of Topliss-reactive ketones (excluding diaryl/α,β-unsaturated/α-hetero) is 3. The van der Waals surface area contributed by atoms with Crippen molar-refractivity contribution in [3.05, 3.63) is 12.2 Å². The lowest BCUT2D eigenvalue weighted by molar-refractivity contribution is -0.128. The number of allylic oxidation sites excluding steroid dienone is 1. The average molecular weight is 423 g/mol. The van der Waals surface area contributed by atoms with E-state index in [9.17, 15) is 24.6 Å². The number of carbonyl (C=O) groups excluding carboxylic acids is 3. The van der Waals surface area contributed by atoms with E-state index >= 15 is 0 Å². The molecule has 0 saturated carbocycles. The smallest absolute Gasteiger partial charge is 0.188 e. The summed E-state index contributed by atoms with van der Waals surface area (Å²) in [6, 6.07) is 0. The molecule has 4 N–H and O–H groups in total. The van der Waals surface area contributed by atoms with Crippen molar-refractivity contribution < 1.29 is 29.3 Å². The van der Waals surface area contributed by atoms with Gasteiger partial charge in [-0.3, -0.25) is 14.4 Å². The van der Waals surface area contributed by atoms with E-state index in [2.05, 4.69) is 20.4 Å². The van der Waals surface area contributed by atoms with Gasteiger partial charge in [0.1, 0.15) is 0 Å². The predicted octanol–water partition coefficient (Wildman–Crippen LogP) is 1.90. The number of ether oxygens (including phenoxy) is 1. The minimum Gasteiger partial charge on any atom is -0.395 e. The highest BCUT2D eigenvalue weighted by Gasteiger charge is 2.55. The Labute approximate surface area is 177 Å². The lowest BCUT2D eigenvalue weighted by atomic mass is 9.80. The van der Waals surface area contributed by atoms with Crippen LogP contribution in [0.25, 0.3) is 0 Å². The van der Waals surface area contributed by atoms with Crippen LogP contribution in [0, 0.1) is 28.6 Å². The van der Waals surface area contributed by atoms with Crippen LogP contribution < -0.4 is 0 Å². The molecule has 1 saturated heterocycles. The molecule has 1 rings (SSSR count). The quantitative estimate of drug-likeness (QED) is 0.129. The molecule has 1 fully saturated rings. The van der Waals surface area contributed by atoms with Crippen molar-refractivity contribution >= 4 is 28.8 Å². The standard InChI is InChI=1S/C22H34N2O6/c1-13(2)7-5-6-8-17(27)18(23)16(10-25)20(28)19(24)15(9-14(3)4)21(29)22(11-26)12-30-22/h13,15-16,23-26H,3,5-12H2,1-2,4H3. The van der Waals surface area contributed by atoms with Crippen molar-refractivity contribution in [3.63, 3.8) is 0 Å². The van der Waals surface area contributed by atoms with E-state index in [-0.39, 0.29) is 19.4 Å². The highest BCUT2D eigenvalue weighted by atomic mass is 16.6. The second-order valence-corrected chi connectivity index (χ2v) is 8.51. The third kappa shape index (κ3) is 6.75. The molecule has 3 unspecified atom stereocenters. The van der Waals surface area contributed by atoms with Gasteiger partial charge in [0.2, 0.25) is 0 Å². The number of epoxide rings is 1. The van der Waals surface area contributed by atoms with Crippen LogP contribution in [0.3, 0.4) is 0 Å². The van der Waals surface area contributed by atoms with Crippen molar-refractivity contribution in [2.45, 2.75) is 58.5 Å². The van der Waals surface area contributed by atoms with E-state index in [0.717, 1.165) is 12.8 Å². The first-order valence-electron chi connectivity index (χ1n) is 10.3. The fourth-order valence-corrected chi connectivity index (χ4v) is 3.22. The summed E-state index contributed by atoms with van der Waals surface area (Å²) in [5, 5.41) is 35.4. The van der Waals surface area contributed by atoms with Crippen LogP contribution >= 0.6 is 0 Å². The van der Waals surface area contributed by atoms with Gasteiger partial charge in [0.05, 0.1) is 43.1 Å². The Bertz CT molecular complexity index is 708. The first-order chi connectivity index (χ1) is 14.0. The molecule has 1 heterocycles. The number of aliphatic hydroxyl groups is 2. The van der Waals surface area contributed by atoms with E-state index in [4.69, 9.17) is 15.6 Å². The van der Waals surface area contributed by atoms with Crippen molar-refractivity contribution in [1.29, 1.82) is 10.8 Å². The van der Waals surface area contributed by atoms with Crippen LogP contribution in [0.1, 0.15) is 52.9 Å². The number of nitrogens with one attached hydrogen (secondary N) is 2. The van der Waals surface area contributed by atoms with Gasteiger partial charge in [0.25, 0.3) is 0 Å². The molecule has 30 heavy (non-hydrogen) atoms. The van der Waals surface area contributed by atoms with E-state index in [1.807, 2.05) is 0 Å². The van der Waals surface area contributed by atoms with Gasteiger partial charge < -0.3 is 25.8 Å². The minimum absolute atomic E-state index is 0.00312. The molecular weight excluding hydrogens is 388 g/mol. The lowest BCUT2D eigenvalue weighted by Gasteiger charge is -2.22. The number of ketones is 3. The fourth-order valence-electron chi connectivity index (χ4n) is 3.22. The number of hydrogen-bond donors (Lipinski definition) is 4. The topological polar surface area (TPSA) is 152 Å². The van der Waals surface area contributed by atoms with Crippen molar-refractivity contribution in [3.8, 4) is 0 Å². The van der Waals surface area contributed by atoms with E-state index in [0.29, 0.717) is 17.9 Å². The highest BCUT2D eigenvalue weighted by Crippen LogP contribution is 2.33. The molecule has 0 bridgehead atoms. The van der Waals surface area contributed by atoms with E-state index in [1.54, 1.807) is 6.92 Å². The molecule has 1 aliphatic heterocycles. The van der Waals surface area contributed by atoms with Crippen molar-refractivity contribution in [2.75, 3.05) is 19.8 Å². The molecule has 8 heteroatoms. The Balaban J connectivity index is 2.89. The molecule has 8 nitrogen and oxygen atoms in total. The monoisotopic (exact) mass is 422 g/mol. The Morgan fingerprint density at radius 3 is 2.13 bits per heavy atom. The van der Waals surface area contributed by atoms with Crippen LogP contribution in [0.5, 0.6) is 0 Å². The van der Waals surface area contributed by atoms with Crippen molar-refractivity contribution in [1.82, 2.24) is 0 Å². The number of rotatable bonds is 16. The average Bonchev–Trinajstić information content (AvgIpc) is 3.49. The summed E-state index contributed by atoms with van der Waals surface area (Å²) in [4.78, 5) is 37.9. The third-order valence-corrected chi connectivity index (χ3v) is 5.26. The molecule has 3 atom stereocenters.